The molecule has 7 heteroatoms. The maximum atomic E-state index is 13.1. The van der Waals surface area contributed by atoms with E-state index in [-0.39, 0.29) is 17.9 Å². The summed E-state index contributed by atoms with van der Waals surface area (Å²) in [5.41, 5.74) is 1.44. The highest BCUT2D eigenvalue weighted by molar-refractivity contribution is 5.95. The number of rotatable bonds is 6. The zero-order valence-electron chi connectivity index (χ0n) is 15.2. The molecule has 25 heavy (non-hydrogen) atoms. The van der Waals surface area contributed by atoms with Crippen LogP contribution in [-0.4, -0.2) is 70.3 Å². The van der Waals surface area contributed by atoms with Crippen molar-refractivity contribution in [1.29, 1.82) is 0 Å². The van der Waals surface area contributed by atoms with Crippen LogP contribution in [0.15, 0.2) is 6.20 Å². The number of carbonyl (C=O) groups excluding carboxylic acids is 2. The molecule has 138 valence electrons. The molecule has 0 atom stereocenters. The first-order chi connectivity index (χ1) is 12.1. The van der Waals surface area contributed by atoms with Gasteiger partial charge in [-0.15, -0.1) is 0 Å². The number of aryl methyl sites for hydroxylation is 2. The molecule has 0 aromatic carbocycles. The second kappa shape index (κ2) is 7.99. The SMILES string of the molecule is Cc1nn(C)cc1C(=O)N(CCCN1CCCC1=O)C1CCOCC1. The van der Waals surface area contributed by atoms with Crippen molar-refractivity contribution in [2.24, 2.45) is 7.05 Å². The van der Waals surface area contributed by atoms with Gasteiger partial charge in [-0.05, 0) is 32.6 Å². The van der Waals surface area contributed by atoms with Gasteiger partial charge in [0.2, 0.25) is 5.91 Å². The van der Waals surface area contributed by atoms with Crippen LogP contribution in [0.3, 0.4) is 0 Å². The van der Waals surface area contributed by atoms with Crippen molar-refractivity contribution in [3.8, 4) is 0 Å². The quantitative estimate of drug-likeness (QED) is 0.778. The first kappa shape index (κ1) is 17.9. The van der Waals surface area contributed by atoms with Gasteiger partial charge < -0.3 is 14.5 Å². The number of nitrogens with zero attached hydrogens (tertiary/aromatic N) is 4. The average Bonchev–Trinajstić information content (AvgIpc) is 3.16. The number of hydrogen-bond acceptors (Lipinski definition) is 4. The van der Waals surface area contributed by atoms with Gasteiger partial charge in [0.05, 0.1) is 11.3 Å². The Bertz CT molecular complexity index is 622. The maximum absolute atomic E-state index is 13.1. The molecule has 2 aliphatic rings. The summed E-state index contributed by atoms with van der Waals surface area (Å²) in [6.45, 7) is 5.53. The molecule has 3 rings (SSSR count). The summed E-state index contributed by atoms with van der Waals surface area (Å²) < 4.78 is 7.14. The minimum absolute atomic E-state index is 0.0465. The minimum atomic E-state index is 0.0465. The Balaban J connectivity index is 1.67. The summed E-state index contributed by atoms with van der Waals surface area (Å²) in [7, 11) is 1.83. The van der Waals surface area contributed by atoms with Crippen LogP contribution in [0.2, 0.25) is 0 Å². The normalized spacial score (nSPS) is 18.8. The maximum Gasteiger partial charge on any atom is 0.257 e. The zero-order valence-corrected chi connectivity index (χ0v) is 15.2. The number of aromatic nitrogens is 2. The van der Waals surface area contributed by atoms with Crippen molar-refractivity contribution >= 4 is 11.8 Å². The van der Waals surface area contributed by atoms with E-state index in [9.17, 15) is 9.59 Å². The van der Waals surface area contributed by atoms with Crippen LogP contribution >= 0.6 is 0 Å². The first-order valence-electron chi connectivity index (χ1n) is 9.23. The van der Waals surface area contributed by atoms with Gasteiger partial charge in [0, 0.05) is 58.6 Å². The van der Waals surface area contributed by atoms with Crippen LogP contribution in [0.25, 0.3) is 0 Å². The fourth-order valence-corrected chi connectivity index (χ4v) is 3.78. The van der Waals surface area contributed by atoms with Gasteiger partial charge in [-0.3, -0.25) is 14.3 Å². The molecule has 0 bridgehead atoms. The van der Waals surface area contributed by atoms with Crippen molar-refractivity contribution in [2.75, 3.05) is 32.8 Å². The molecule has 7 nitrogen and oxygen atoms in total. The summed E-state index contributed by atoms with van der Waals surface area (Å²) in [6.07, 6.45) is 5.97. The van der Waals surface area contributed by atoms with Gasteiger partial charge in [-0.1, -0.05) is 0 Å². The Labute approximate surface area is 148 Å². The lowest BCUT2D eigenvalue weighted by Gasteiger charge is -2.34. The lowest BCUT2D eigenvalue weighted by Crippen LogP contribution is -2.45. The first-order valence-corrected chi connectivity index (χ1v) is 9.23. The third-order valence-electron chi connectivity index (χ3n) is 5.13. The Hall–Kier alpha value is -1.89. The second-order valence-electron chi connectivity index (χ2n) is 6.98. The van der Waals surface area contributed by atoms with Gasteiger partial charge in [0.25, 0.3) is 5.91 Å². The van der Waals surface area contributed by atoms with E-state index in [0.29, 0.717) is 31.7 Å². The Morgan fingerprint density at radius 2 is 2.16 bits per heavy atom. The van der Waals surface area contributed by atoms with Crippen molar-refractivity contribution in [3.05, 3.63) is 17.5 Å². The summed E-state index contributed by atoms with van der Waals surface area (Å²) in [5, 5.41) is 4.30. The zero-order chi connectivity index (χ0) is 17.8. The molecule has 2 amide bonds. The van der Waals surface area contributed by atoms with E-state index in [4.69, 9.17) is 4.74 Å². The molecule has 0 spiro atoms. The third-order valence-corrected chi connectivity index (χ3v) is 5.13. The molecular weight excluding hydrogens is 320 g/mol. The van der Waals surface area contributed by atoms with Crippen molar-refractivity contribution in [1.82, 2.24) is 19.6 Å². The van der Waals surface area contributed by atoms with Crippen molar-refractivity contribution < 1.29 is 14.3 Å². The summed E-state index contributed by atoms with van der Waals surface area (Å²) in [4.78, 5) is 28.8. The monoisotopic (exact) mass is 348 g/mol. The lowest BCUT2D eigenvalue weighted by molar-refractivity contribution is -0.127. The number of carbonyl (C=O) groups is 2. The molecular formula is C18H28N4O3. The second-order valence-corrected chi connectivity index (χ2v) is 6.98. The van der Waals surface area contributed by atoms with E-state index < -0.39 is 0 Å². The van der Waals surface area contributed by atoms with E-state index in [1.54, 1.807) is 10.9 Å². The molecule has 2 saturated heterocycles. The van der Waals surface area contributed by atoms with Gasteiger partial charge in [-0.2, -0.15) is 5.10 Å². The number of hydrogen-bond donors (Lipinski definition) is 0. The molecule has 0 radical (unpaired) electrons. The molecule has 0 N–H and O–H groups in total. The lowest BCUT2D eigenvalue weighted by atomic mass is 10.0. The Kier molecular flexibility index (Phi) is 5.73. The minimum Gasteiger partial charge on any atom is -0.381 e. The Morgan fingerprint density at radius 3 is 2.76 bits per heavy atom. The van der Waals surface area contributed by atoms with E-state index in [1.807, 2.05) is 23.8 Å². The summed E-state index contributed by atoms with van der Waals surface area (Å²) >= 11 is 0. The van der Waals surface area contributed by atoms with Crippen LogP contribution in [0.4, 0.5) is 0 Å². The molecule has 0 unspecified atom stereocenters. The average molecular weight is 348 g/mol. The van der Waals surface area contributed by atoms with Crippen molar-refractivity contribution in [3.63, 3.8) is 0 Å². The molecule has 2 fully saturated rings. The number of ether oxygens (including phenoxy) is 1. The van der Waals surface area contributed by atoms with Gasteiger partial charge in [0.15, 0.2) is 0 Å². The molecule has 1 aromatic rings. The third kappa shape index (κ3) is 4.21. The fraction of sp³-hybridized carbons (Fsp3) is 0.722. The fourth-order valence-electron chi connectivity index (χ4n) is 3.78. The van der Waals surface area contributed by atoms with Gasteiger partial charge >= 0.3 is 0 Å². The highest BCUT2D eigenvalue weighted by Gasteiger charge is 2.29. The highest BCUT2D eigenvalue weighted by Crippen LogP contribution is 2.20. The molecule has 0 aliphatic carbocycles. The topological polar surface area (TPSA) is 67.7 Å². The standard InChI is InChI=1S/C18H28N4O3/c1-14-16(13-20(2)19-14)18(24)22(15-6-11-25-12-7-15)10-4-9-21-8-3-5-17(21)23/h13,15H,3-12H2,1-2H3. The predicted molar refractivity (Wildman–Crippen MR) is 93.3 cm³/mol. The molecule has 2 aliphatic heterocycles. The van der Waals surface area contributed by atoms with Crippen molar-refractivity contribution in [2.45, 2.75) is 45.1 Å². The van der Waals surface area contributed by atoms with E-state index >= 15 is 0 Å². The van der Waals surface area contributed by atoms with Crippen LogP contribution in [0.1, 0.15) is 48.2 Å². The molecule has 3 heterocycles. The highest BCUT2D eigenvalue weighted by atomic mass is 16.5. The predicted octanol–water partition coefficient (Wildman–Crippen LogP) is 1.36. The van der Waals surface area contributed by atoms with Gasteiger partial charge in [0.1, 0.15) is 0 Å². The van der Waals surface area contributed by atoms with Crippen LogP contribution < -0.4 is 0 Å². The molecule has 1 aromatic heterocycles. The van der Waals surface area contributed by atoms with Gasteiger partial charge in [-0.25, -0.2) is 0 Å². The summed E-state index contributed by atoms with van der Waals surface area (Å²) in [5.74, 6) is 0.289. The number of likely N-dealkylation sites (tertiary alicyclic amines) is 1. The van der Waals surface area contributed by atoms with Crippen LogP contribution in [-0.2, 0) is 16.6 Å². The van der Waals surface area contributed by atoms with E-state index in [2.05, 4.69) is 5.10 Å². The van der Waals surface area contributed by atoms with E-state index in [0.717, 1.165) is 44.5 Å². The Morgan fingerprint density at radius 1 is 1.40 bits per heavy atom. The summed E-state index contributed by atoms with van der Waals surface area (Å²) in [6, 6.07) is 0.204. The van der Waals surface area contributed by atoms with E-state index in [1.165, 1.54) is 0 Å². The smallest absolute Gasteiger partial charge is 0.257 e. The number of amides is 2. The molecule has 0 saturated carbocycles. The largest absolute Gasteiger partial charge is 0.381 e. The van der Waals surface area contributed by atoms with Crippen LogP contribution in [0.5, 0.6) is 0 Å². The van der Waals surface area contributed by atoms with Crippen LogP contribution in [0, 0.1) is 6.92 Å².